The minimum atomic E-state index is 0.388. The minimum Gasteiger partial charge on any atom is -0.455 e. The molecule has 0 aliphatic heterocycles. The smallest absolute Gasteiger partial charge is 0.147 e. The van der Waals surface area contributed by atoms with Gasteiger partial charge in [0.15, 0.2) is 0 Å². The molecule has 2 rings (SSSR count). The Morgan fingerprint density at radius 3 is 2.58 bits per heavy atom. The molecular weight excluding hydrogens is 305 g/mol. The Hall–Kier alpha value is -0.930. The Balaban J connectivity index is 2.36. The van der Waals surface area contributed by atoms with Crippen LogP contribution in [0.15, 0.2) is 36.4 Å². The summed E-state index contributed by atoms with van der Waals surface area (Å²) >= 11 is 18.1. The number of hydrogen-bond acceptors (Lipinski definition) is 2. The maximum Gasteiger partial charge on any atom is 0.147 e. The normalized spacial score (nSPS) is 10.5. The van der Waals surface area contributed by atoms with Crippen LogP contribution in [-0.4, -0.2) is 7.05 Å². The average molecular weight is 317 g/mol. The summed E-state index contributed by atoms with van der Waals surface area (Å²) in [6.07, 6.45) is 0. The maximum absolute atomic E-state index is 6.11. The summed E-state index contributed by atoms with van der Waals surface area (Å²) in [5.74, 6) is 1.17. The molecular formula is C14H12Cl3NO. The lowest BCUT2D eigenvalue weighted by Crippen LogP contribution is -2.06. The summed E-state index contributed by atoms with van der Waals surface area (Å²) in [5.41, 5.74) is 0.989. The van der Waals surface area contributed by atoms with Crippen molar-refractivity contribution in [2.45, 2.75) is 6.54 Å². The Morgan fingerprint density at radius 2 is 1.84 bits per heavy atom. The van der Waals surface area contributed by atoms with Gasteiger partial charge in [-0.1, -0.05) is 46.9 Å². The first-order chi connectivity index (χ1) is 9.11. The highest BCUT2D eigenvalue weighted by Crippen LogP contribution is 2.36. The predicted octanol–water partition coefficient (Wildman–Crippen LogP) is 5.16. The van der Waals surface area contributed by atoms with Crippen molar-refractivity contribution in [3.8, 4) is 11.5 Å². The molecule has 0 amide bonds. The van der Waals surface area contributed by atoms with Crippen LogP contribution in [0.2, 0.25) is 15.1 Å². The topological polar surface area (TPSA) is 21.3 Å². The van der Waals surface area contributed by atoms with E-state index < -0.39 is 0 Å². The van der Waals surface area contributed by atoms with Gasteiger partial charge in [0.05, 0.1) is 5.02 Å². The van der Waals surface area contributed by atoms with Crippen molar-refractivity contribution in [2.24, 2.45) is 0 Å². The highest BCUT2D eigenvalue weighted by Gasteiger charge is 2.10. The SMILES string of the molecule is CNCc1ccc(Cl)cc1Oc1cccc(Cl)c1Cl. The number of ether oxygens (including phenoxy) is 1. The largest absolute Gasteiger partial charge is 0.455 e. The average Bonchev–Trinajstić information content (AvgIpc) is 2.38. The molecule has 2 nitrogen and oxygen atoms in total. The fourth-order valence-corrected chi connectivity index (χ4v) is 2.13. The van der Waals surface area contributed by atoms with Crippen molar-refractivity contribution < 1.29 is 4.74 Å². The monoisotopic (exact) mass is 315 g/mol. The zero-order chi connectivity index (χ0) is 13.8. The highest BCUT2D eigenvalue weighted by atomic mass is 35.5. The van der Waals surface area contributed by atoms with Gasteiger partial charge in [-0.25, -0.2) is 0 Å². The van der Waals surface area contributed by atoms with E-state index in [4.69, 9.17) is 39.5 Å². The molecule has 0 spiro atoms. The molecule has 0 unspecified atom stereocenters. The van der Waals surface area contributed by atoms with Gasteiger partial charge in [-0.3, -0.25) is 0 Å². The predicted molar refractivity (Wildman–Crippen MR) is 80.8 cm³/mol. The lowest BCUT2D eigenvalue weighted by atomic mass is 10.2. The van der Waals surface area contributed by atoms with Crippen molar-refractivity contribution in [2.75, 3.05) is 7.05 Å². The number of benzene rings is 2. The molecule has 100 valence electrons. The van der Waals surface area contributed by atoms with E-state index in [1.54, 1.807) is 24.3 Å². The Labute approximate surface area is 127 Å². The Kier molecular flexibility index (Phi) is 4.94. The molecule has 2 aromatic rings. The summed E-state index contributed by atoms with van der Waals surface area (Å²) in [5, 5.41) is 4.52. The molecule has 0 fully saturated rings. The van der Waals surface area contributed by atoms with E-state index in [9.17, 15) is 0 Å². The second kappa shape index (κ2) is 6.49. The van der Waals surface area contributed by atoms with Gasteiger partial charge in [-0.15, -0.1) is 0 Å². The molecule has 0 atom stereocenters. The number of rotatable bonds is 4. The molecule has 2 aromatic carbocycles. The van der Waals surface area contributed by atoms with Crippen LogP contribution in [-0.2, 0) is 6.54 Å². The summed E-state index contributed by atoms with van der Waals surface area (Å²) < 4.78 is 5.81. The standard InChI is InChI=1S/C14H12Cl3NO/c1-18-8-9-5-6-10(15)7-13(9)19-12-4-2-3-11(16)14(12)17/h2-7,18H,8H2,1H3. The molecule has 0 heterocycles. The Morgan fingerprint density at radius 1 is 1.05 bits per heavy atom. The molecule has 5 heteroatoms. The quantitative estimate of drug-likeness (QED) is 0.841. The van der Waals surface area contributed by atoms with Crippen LogP contribution in [0, 0.1) is 0 Å². The zero-order valence-electron chi connectivity index (χ0n) is 10.2. The van der Waals surface area contributed by atoms with Crippen molar-refractivity contribution in [3.63, 3.8) is 0 Å². The van der Waals surface area contributed by atoms with E-state index >= 15 is 0 Å². The van der Waals surface area contributed by atoms with Crippen LogP contribution in [0.4, 0.5) is 0 Å². The van der Waals surface area contributed by atoms with Crippen molar-refractivity contribution in [1.82, 2.24) is 5.32 Å². The first kappa shape index (κ1) is 14.5. The molecule has 0 bridgehead atoms. The number of halogens is 3. The van der Waals surface area contributed by atoms with Gasteiger partial charge >= 0.3 is 0 Å². The van der Waals surface area contributed by atoms with Crippen LogP contribution >= 0.6 is 34.8 Å². The van der Waals surface area contributed by atoms with Crippen LogP contribution in [0.25, 0.3) is 0 Å². The second-order valence-corrected chi connectivity index (χ2v) is 5.16. The van der Waals surface area contributed by atoms with Gasteiger partial charge < -0.3 is 10.1 Å². The molecule has 0 aliphatic rings. The first-order valence-electron chi connectivity index (χ1n) is 5.66. The molecule has 0 radical (unpaired) electrons. The van der Waals surface area contributed by atoms with Gasteiger partial charge in [0.25, 0.3) is 0 Å². The maximum atomic E-state index is 6.11. The van der Waals surface area contributed by atoms with E-state index in [0.29, 0.717) is 33.1 Å². The summed E-state index contributed by atoms with van der Waals surface area (Å²) in [6.45, 7) is 0.671. The third-order valence-corrected chi connectivity index (χ3v) is 3.57. The lowest BCUT2D eigenvalue weighted by Gasteiger charge is -2.13. The molecule has 0 aromatic heterocycles. The molecule has 0 saturated carbocycles. The molecule has 1 N–H and O–H groups in total. The Bertz CT molecular complexity index is 587. The number of hydrogen-bond donors (Lipinski definition) is 1. The molecule has 19 heavy (non-hydrogen) atoms. The van der Waals surface area contributed by atoms with Crippen LogP contribution in [0.5, 0.6) is 11.5 Å². The fourth-order valence-electron chi connectivity index (χ4n) is 1.64. The summed E-state index contributed by atoms with van der Waals surface area (Å²) in [4.78, 5) is 0. The van der Waals surface area contributed by atoms with Crippen molar-refractivity contribution in [1.29, 1.82) is 0 Å². The second-order valence-electron chi connectivity index (χ2n) is 3.94. The minimum absolute atomic E-state index is 0.388. The van der Waals surface area contributed by atoms with Crippen molar-refractivity contribution in [3.05, 3.63) is 57.0 Å². The van der Waals surface area contributed by atoms with Crippen LogP contribution in [0.3, 0.4) is 0 Å². The van der Waals surface area contributed by atoms with Gasteiger partial charge in [0.1, 0.15) is 16.5 Å². The zero-order valence-corrected chi connectivity index (χ0v) is 12.5. The van der Waals surface area contributed by atoms with E-state index in [1.165, 1.54) is 0 Å². The van der Waals surface area contributed by atoms with Crippen LogP contribution in [0.1, 0.15) is 5.56 Å². The fraction of sp³-hybridized carbons (Fsp3) is 0.143. The van der Waals surface area contributed by atoms with Gasteiger partial charge in [-0.2, -0.15) is 0 Å². The summed E-state index contributed by atoms with van der Waals surface area (Å²) in [6, 6.07) is 10.7. The highest BCUT2D eigenvalue weighted by molar-refractivity contribution is 6.42. The van der Waals surface area contributed by atoms with E-state index in [1.807, 2.05) is 19.2 Å². The van der Waals surface area contributed by atoms with E-state index in [-0.39, 0.29) is 0 Å². The summed E-state index contributed by atoms with van der Waals surface area (Å²) in [7, 11) is 1.87. The third-order valence-electron chi connectivity index (χ3n) is 2.53. The van der Waals surface area contributed by atoms with Crippen molar-refractivity contribution >= 4 is 34.8 Å². The van der Waals surface area contributed by atoms with Gasteiger partial charge in [0.2, 0.25) is 0 Å². The van der Waals surface area contributed by atoms with Gasteiger partial charge in [0, 0.05) is 17.1 Å². The lowest BCUT2D eigenvalue weighted by molar-refractivity contribution is 0.474. The molecule has 0 saturated heterocycles. The van der Waals surface area contributed by atoms with E-state index in [2.05, 4.69) is 5.32 Å². The van der Waals surface area contributed by atoms with Crippen LogP contribution < -0.4 is 10.1 Å². The third kappa shape index (κ3) is 3.54. The molecule has 0 aliphatic carbocycles. The van der Waals surface area contributed by atoms with E-state index in [0.717, 1.165) is 5.56 Å². The number of nitrogens with one attached hydrogen (secondary N) is 1. The van der Waals surface area contributed by atoms with Gasteiger partial charge in [-0.05, 0) is 31.3 Å². The first-order valence-corrected chi connectivity index (χ1v) is 6.80.